The van der Waals surface area contributed by atoms with Crippen LogP contribution in [0.5, 0.6) is 0 Å². The van der Waals surface area contributed by atoms with Crippen molar-refractivity contribution in [3.63, 3.8) is 0 Å². The van der Waals surface area contributed by atoms with E-state index >= 15 is 0 Å². The molecular weight excluding hydrogens is 432 g/mol. The summed E-state index contributed by atoms with van der Waals surface area (Å²) in [6, 6.07) is 16.6. The van der Waals surface area contributed by atoms with Crippen LogP contribution in [0.4, 0.5) is 0 Å². The first-order valence-corrected chi connectivity index (χ1v) is 11.2. The van der Waals surface area contributed by atoms with Crippen molar-refractivity contribution < 1.29 is 14.7 Å². The van der Waals surface area contributed by atoms with Gasteiger partial charge in [-0.1, -0.05) is 36.4 Å². The molecule has 1 atom stereocenters. The van der Waals surface area contributed by atoms with Crippen LogP contribution in [-0.2, 0) is 16.1 Å². The summed E-state index contributed by atoms with van der Waals surface area (Å²) in [6.45, 7) is 1.81. The third kappa shape index (κ3) is 4.50. The minimum atomic E-state index is -1.00. The van der Waals surface area contributed by atoms with E-state index in [1.807, 2.05) is 54.6 Å². The molecule has 9 heteroatoms. The second-order valence-electron chi connectivity index (χ2n) is 8.70. The number of carbonyl (C=O) groups excluding carboxylic acids is 1. The first-order valence-electron chi connectivity index (χ1n) is 11.2. The predicted octanol–water partition coefficient (Wildman–Crippen LogP) is 3.68. The minimum Gasteiger partial charge on any atom is -0.480 e. The second kappa shape index (κ2) is 9.01. The van der Waals surface area contributed by atoms with Gasteiger partial charge in [0.1, 0.15) is 6.04 Å². The number of nitrogens with one attached hydrogen (secondary N) is 1. The summed E-state index contributed by atoms with van der Waals surface area (Å²) >= 11 is 0. The molecule has 4 aromatic rings. The van der Waals surface area contributed by atoms with Crippen molar-refractivity contribution in [3.8, 4) is 22.6 Å². The number of pyridine rings is 1. The van der Waals surface area contributed by atoms with Crippen molar-refractivity contribution in [2.75, 3.05) is 0 Å². The number of aromatic nitrogens is 5. The van der Waals surface area contributed by atoms with E-state index < -0.39 is 12.0 Å². The van der Waals surface area contributed by atoms with Gasteiger partial charge in [-0.15, -0.1) is 5.10 Å². The van der Waals surface area contributed by atoms with Gasteiger partial charge in [0, 0.05) is 29.5 Å². The number of tetrazole rings is 1. The van der Waals surface area contributed by atoms with Gasteiger partial charge in [0.05, 0.1) is 11.2 Å². The Morgan fingerprint density at radius 1 is 1.12 bits per heavy atom. The number of fused-ring (bicyclic) bond motifs is 1. The molecular formula is C25H24N6O3. The van der Waals surface area contributed by atoms with Gasteiger partial charge in [0.25, 0.3) is 0 Å². The lowest BCUT2D eigenvalue weighted by Gasteiger charge is -2.27. The van der Waals surface area contributed by atoms with Crippen LogP contribution >= 0.6 is 0 Å². The normalized spacial score (nSPS) is 14.1. The molecule has 34 heavy (non-hydrogen) atoms. The molecule has 2 aromatic carbocycles. The summed E-state index contributed by atoms with van der Waals surface area (Å²) < 4.78 is 0. The van der Waals surface area contributed by atoms with Crippen molar-refractivity contribution in [1.82, 2.24) is 30.5 Å². The number of carboxylic acid groups (broad SMARTS) is 1. The van der Waals surface area contributed by atoms with E-state index in [0.717, 1.165) is 46.1 Å². The first-order chi connectivity index (χ1) is 16.5. The van der Waals surface area contributed by atoms with E-state index in [4.69, 9.17) is 4.98 Å². The van der Waals surface area contributed by atoms with Crippen molar-refractivity contribution in [2.45, 2.75) is 38.8 Å². The largest absolute Gasteiger partial charge is 0.480 e. The van der Waals surface area contributed by atoms with Crippen LogP contribution in [0, 0.1) is 5.92 Å². The van der Waals surface area contributed by atoms with Gasteiger partial charge in [0.2, 0.25) is 5.91 Å². The highest BCUT2D eigenvalue weighted by molar-refractivity contribution is 5.86. The predicted molar refractivity (Wildman–Crippen MR) is 125 cm³/mol. The van der Waals surface area contributed by atoms with E-state index in [1.54, 1.807) is 6.92 Å². The Hall–Kier alpha value is -4.14. The van der Waals surface area contributed by atoms with Crippen LogP contribution in [0.1, 0.15) is 31.7 Å². The molecule has 0 bridgehead atoms. The van der Waals surface area contributed by atoms with Crippen LogP contribution in [0.2, 0.25) is 0 Å². The smallest absolute Gasteiger partial charge is 0.326 e. The lowest BCUT2D eigenvalue weighted by molar-refractivity contribution is -0.150. The number of nitrogens with zero attached hydrogens (tertiary/aromatic N) is 5. The summed E-state index contributed by atoms with van der Waals surface area (Å²) in [6.07, 6.45) is 2.50. The highest BCUT2D eigenvalue weighted by Gasteiger charge is 2.31. The lowest BCUT2D eigenvalue weighted by Crippen LogP contribution is -2.42. The summed E-state index contributed by atoms with van der Waals surface area (Å²) in [7, 11) is 0. The number of amides is 1. The SMILES string of the molecule is C[C@@H](C(=O)O)N(Cc1ccc2nc(-c3ccccc3-c3nnn[nH]3)ccc2c1)C(=O)CC1CC1. The first kappa shape index (κ1) is 21.7. The molecule has 9 nitrogen and oxygen atoms in total. The zero-order valence-corrected chi connectivity index (χ0v) is 18.7. The molecule has 1 fully saturated rings. The van der Waals surface area contributed by atoms with Crippen LogP contribution in [0.15, 0.2) is 54.6 Å². The molecule has 1 aliphatic carbocycles. The van der Waals surface area contributed by atoms with Crippen LogP contribution in [0.25, 0.3) is 33.5 Å². The standard InChI is InChI=1S/C25H24N6O3/c1-15(25(33)34)31(23(32)13-16-6-7-16)14-17-8-10-21-18(12-17)9-11-22(26-21)19-4-2-3-5-20(19)24-27-29-30-28-24/h2-5,8-12,15-16H,6-7,13-14H2,1H3,(H,33,34)(H,27,28,29,30)/t15-/m0/s1. The molecule has 5 rings (SSSR count). The van der Waals surface area contributed by atoms with Crippen molar-refractivity contribution in [3.05, 3.63) is 60.2 Å². The van der Waals surface area contributed by atoms with E-state index in [-0.39, 0.29) is 12.5 Å². The van der Waals surface area contributed by atoms with Gasteiger partial charge in [-0.2, -0.15) is 0 Å². The summed E-state index contributed by atoms with van der Waals surface area (Å²) in [5.74, 6) is -0.150. The number of hydrogen-bond donors (Lipinski definition) is 2. The third-order valence-electron chi connectivity index (χ3n) is 6.22. The molecule has 1 amide bonds. The van der Waals surface area contributed by atoms with Gasteiger partial charge in [0.15, 0.2) is 5.82 Å². The van der Waals surface area contributed by atoms with Gasteiger partial charge in [-0.3, -0.25) is 4.79 Å². The minimum absolute atomic E-state index is 0.107. The Morgan fingerprint density at radius 3 is 2.62 bits per heavy atom. The molecule has 1 aliphatic rings. The summed E-state index contributed by atoms with van der Waals surface area (Å²) in [4.78, 5) is 30.7. The average Bonchev–Trinajstić information content (AvgIpc) is 3.49. The fourth-order valence-corrected chi connectivity index (χ4v) is 4.07. The van der Waals surface area contributed by atoms with Crippen molar-refractivity contribution in [1.29, 1.82) is 0 Å². The van der Waals surface area contributed by atoms with Crippen LogP contribution in [0.3, 0.4) is 0 Å². The maximum absolute atomic E-state index is 12.8. The maximum Gasteiger partial charge on any atom is 0.326 e. The van der Waals surface area contributed by atoms with E-state index in [2.05, 4.69) is 20.6 Å². The number of hydrogen-bond acceptors (Lipinski definition) is 6. The second-order valence-corrected chi connectivity index (χ2v) is 8.70. The fraction of sp³-hybridized carbons (Fsp3) is 0.280. The molecule has 0 spiro atoms. The topological polar surface area (TPSA) is 125 Å². The van der Waals surface area contributed by atoms with E-state index in [9.17, 15) is 14.7 Å². The molecule has 1 saturated carbocycles. The number of aromatic amines is 1. The zero-order chi connectivity index (χ0) is 23.7. The Balaban J connectivity index is 1.43. The molecule has 0 saturated heterocycles. The molecule has 2 heterocycles. The van der Waals surface area contributed by atoms with Crippen molar-refractivity contribution in [2.24, 2.45) is 5.92 Å². The number of benzene rings is 2. The Kier molecular flexibility index (Phi) is 5.75. The highest BCUT2D eigenvalue weighted by Crippen LogP contribution is 2.34. The van der Waals surface area contributed by atoms with Gasteiger partial charge in [-0.25, -0.2) is 14.9 Å². The Bertz CT molecular complexity index is 1350. The van der Waals surface area contributed by atoms with Crippen molar-refractivity contribution >= 4 is 22.8 Å². The fourth-order valence-electron chi connectivity index (χ4n) is 4.07. The molecule has 2 aromatic heterocycles. The van der Waals surface area contributed by atoms with Crippen LogP contribution < -0.4 is 0 Å². The monoisotopic (exact) mass is 456 g/mol. The molecule has 2 N–H and O–H groups in total. The average molecular weight is 457 g/mol. The Morgan fingerprint density at radius 2 is 1.91 bits per heavy atom. The van der Waals surface area contributed by atoms with Gasteiger partial charge in [-0.05, 0) is 59.9 Å². The Labute approximate surface area is 195 Å². The highest BCUT2D eigenvalue weighted by atomic mass is 16.4. The maximum atomic E-state index is 12.8. The lowest BCUT2D eigenvalue weighted by atomic mass is 10.0. The van der Waals surface area contributed by atoms with Crippen LogP contribution in [-0.4, -0.2) is 53.5 Å². The summed E-state index contributed by atoms with van der Waals surface area (Å²) in [5.41, 5.74) is 4.21. The van der Waals surface area contributed by atoms with Gasteiger partial charge >= 0.3 is 5.97 Å². The van der Waals surface area contributed by atoms with E-state index in [0.29, 0.717) is 18.2 Å². The number of aliphatic carboxylic acids is 1. The molecule has 0 aliphatic heterocycles. The molecule has 0 unspecified atom stereocenters. The summed E-state index contributed by atoms with van der Waals surface area (Å²) in [5, 5.41) is 24.6. The molecule has 0 radical (unpaired) electrons. The number of carboxylic acids is 1. The quantitative estimate of drug-likeness (QED) is 0.414. The number of H-pyrrole nitrogens is 1. The number of rotatable bonds is 8. The number of carbonyl (C=O) groups is 2. The zero-order valence-electron chi connectivity index (χ0n) is 18.7. The van der Waals surface area contributed by atoms with Gasteiger partial charge < -0.3 is 10.0 Å². The molecule has 172 valence electrons. The third-order valence-corrected chi connectivity index (χ3v) is 6.22. The van der Waals surface area contributed by atoms with E-state index in [1.165, 1.54) is 4.90 Å².